The van der Waals surface area contributed by atoms with Gasteiger partial charge in [0.15, 0.2) is 0 Å². The Labute approximate surface area is 165 Å². The Morgan fingerprint density at radius 2 is 1.79 bits per heavy atom. The van der Waals surface area contributed by atoms with E-state index >= 15 is 0 Å². The fourth-order valence-electron chi connectivity index (χ4n) is 3.38. The molecule has 1 fully saturated rings. The molecule has 0 aliphatic carbocycles. The summed E-state index contributed by atoms with van der Waals surface area (Å²) >= 11 is 0. The van der Waals surface area contributed by atoms with Crippen LogP contribution in [0, 0.1) is 10.1 Å². The number of rotatable bonds is 7. The van der Waals surface area contributed by atoms with E-state index in [1.54, 1.807) is 0 Å². The Bertz CT molecular complexity index is 952. The molecular formula is C20H25N3O4S. The van der Waals surface area contributed by atoms with Gasteiger partial charge in [0.1, 0.15) is 4.90 Å². The summed E-state index contributed by atoms with van der Waals surface area (Å²) in [7, 11) is -3.80. The third-order valence-electron chi connectivity index (χ3n) is 5.12. The smallest absolute Gasteiger partial charge is 0.270 e. The Hall–Kier alpha value is -2.45. The van der Waals surface area contributed by atoms with Crippen molar-refractivity contribution in [3.63, 3.8) is 0 Å². The van der Waals surface area contributed by atoms with Crippen molar-refractivity contribution in [1.82, 2.24) is 4.31 Å². The molecule has 7 nitrogen and oxygen atoms in total. The van der Waals surface area contributed by atoms with Gasteiger partial charge in [-0.1, -0.05) is 31.2 Å². The van der Waals surface area contributed by atoms with Crippen LogP contribution < -0.4 is 5.32 Å². The fourth-order valence-corrected chi connectivity index (χ4v) is 5.08. The van der Waals surface area contributed by atoms with Crippen molar-refractivity contribution >= 4 is 21.4 Å². The molecule has 2 aromatic rings. The summed E-state index contributed by atoms with van der Waals surface area (Å²) in [5.74, 6) is 0. The molecule has 1 heterocycles. The third-order valence-corrected chi connectivity index (χ3v) is 7.06. The minimum Gasteiger partial charge on any atom is -0.377 e. The second kappa shape index (κ2) is 8.28. The van der Waals surface area contributed by atoms with Crippen LogP contribution in [0.1, 0.15) is 43.9 Å². The SMILES string of the molecule is CCc1ccc(C(C)Nc2ccc([N+](=O)[O-])cc2S(=O)(=O)N2CCCC2)cc1. The highest BCUT2D eigenvalue weighted by atomic mass is 32.2. The highest BCUT2D eigenvalue weighted by Gasteiger charge is 2.31. The molecule has 0 aromatic heterocycles. The molecule has 0 spiro atoms. The number of benzene rings is 2. The van der Waals surface area contributed by atoms with Gasteiger partial charge in [0, 0.05) is 31.3 Å². The van der Waals surface area contributed by atoms with Crippen molar-refractivity contribution < 1.29 is 13.3 Å². The van der Waals surface area contributed by atoms with E-state index in [9.17, 15) is 18.5 Å². The van der Waals surface area contributed by atoms with Crippen LogP contribution in [0.25, 0.3) is 0 Å². The standard InChI is InChI=1S/C20H25N3O4S/c1-3-16-6-8-17(9-7-16)15(2)21-19-11-10-18(23(24)25)14-20(19)28(26,27)22-12-4-5-13-22/h6-11,14-15,21H,3-5,12-13H2,1-2H3. The van der Waals surface area contributed by atoms with E-state index in [-0.39, 0.29) is 16.6 Å². The largest absolute Gasteiger partial charge is 0.377 e. The number of nitro benzene ring substituents is 1. The van der Waals surface area contributed by atoms with Crippen LogP contribution in [-0.2, 0) is 16.4 Å². The summed E-state index contributed by atoms with van der Waals surface area (Å²) < 4.78 is 27.6. The highest BCUT2D eigenvalue weighted by Crippen LogP contribution is 2.32. The minimum absolute atomic E-state index is 0.0411. The lowest BCUT2D eigenvalue weighted by Crippen LogP contribution is -2.28. The van der Waals surface area contributed by atoms with E-state index < -0.39 is 14.9 Å². The van der Waals surface area contributed by atoms with Crippen molar-refractivity contribution in [2.24, 2.45) is 0 Å². The topological polar surface area (TPSA) is 92.5 Å². The first-order valence-electron chi connectivity index (χ1n) is 9.47. The molecule has 1 unspecified atom stereocenters. The molecule has 0 bridgehead atoms. The van der Waals surface area contributed by atoms with Crippen LogP contribution in [0.15, 0.2) is 47.4 Å². The number of hydrogen-bond acceptors (Lipinski definition) is 5. The van der Waals surface area contributed by atoms with Crippen molar-refractivity contribution in [3.8, 4) is 0 Å². The van der Waals surface area contributed by atoms with Gasteiger partial charge in [0.2, 0.25) is 10.0 Å². The number of aryl methyl sites for hydroxylation is 1. The molecule has 1 atom stereocenters. The van der Waals surface area contributed by atoms with Crippen LogP contribution in [0.3, 0.4) is 0 Å². The molecule has 150 valence electrons. The number of sulfonamides is 1. The summed E-state index contributed by atoms with van der Waals surface area (Å²) in [6.45, 7) is 4.91. The lowest BCUT2D eigenvalue weighted by Gasteiger charge is -2.21. The van der Waals surface area contributed by atoms with Gasteiger partial charge in [-0.05, 0) is 43.4 Å². The summed E-state index contributed by atoms with van der Waals surface area (Å²) in [5.41, 5.74) is 2.39. The second-order valence-electron chi connectivity index (χ2n) is 7.01. The zero-order valence-corrected chi connectivity index (χ0v) is 16.9. The molecule has 0 amide bonds. The maximum atomic E-state index is 13.1. The third kappa shape index (κ3) is 4.18. The van der Waals surface area contributed by atoms with Gasteiger partial charge in [0.05, 0.1) is 10.6 Å². The van der Waals surface area contributed by atoms with Gasteiger partial charge >= 0.3 is 0 Å². The van der Waals surface area contributed by atoms with Crippen molar-refractivity contribution in [1.29, 1.82) is 0 Å². The van der Waals surface area contributed by atoms with Crippen molar-refractivity contribution in [2.75, 3.05) is 18.4 Å². The molecule has 2 aromatic carbocycles. The first kappa shape index (κ1) is 20.3. The van der Waals surface area contributed by atoms with E-state index in [1.807, 2.05) is 31.2 Å². The average Bonchev–Trinajstić information content (AvgIpc) is 3.23. The molecule has 0 radical (unpaired) electrons. The summed E-state index contributed by atoms with van der Waals surface area (Å²) in [6, 6.07) is 11.9. The van der Waals surface area contributed by atoms with E-state index in [4.69, 9.17) is 0 Å². The number of nitrogens with one attached hydrogen (secondary N) is 1. The predicted molar refractivity (Wildman–Crippen MR) is 109 cm³/mol. The Morgan fingerprint density at radius 1 is 1.14 bits per heavy atom. The Kier molecular flexibility index (Phi) is 6.00. The summed E-state index contributed by atoms with van der Waals surface area (Å²) in [4.78, 5) is 10.6. The maximum absolute atomic E-state index is 13.1. The predicted octanol–water partition coefficient (Wildman–Crippen LogP) is 4.11. The molecule has 0 saturated carbocycles. The van der Waals surface area contributed by atoms with Gasteiger partial charge in [0.25, 0.3) is 5.69 Å². The zero-order valence-electron chi connectivity index (χ0n) is 16.1. The van der Waals surface area contributed by atoms with Crippen molar-refractivity contribution in [3.05, 3.63) is 63.7 Å². The van der Waals surface area contributed by atoms with Crippen molar-refractivity contribution in [2.45, 2.75) is 44.0 Å². The van der Waals surface area contributed by atoms with Gasteiger partial charge in [-0.2, -0.15) is 4.31 Å². The number of nitro groups is 1. The number of hydrogen-bond donors (Lipinski definition) is 1. The quantitative estimate of drug-likeness (QED) is 0.555. The zero-order chi connectivity index (χ0) is 20.3. The molecular weight excluding hydrogens is 378 g/mol. The maximum Gasteiger partial charge on any atom is 0.270 e. The lowest BCUT2D eigenvalue weighted by atomic mass is 10.0. The van der Waals surface area contributed by atoms with Gasteiger partial charge < -0.3 is 5.32 Å². The molecule has 1 aliphatic heterocycles. The molecule has 28 heavy (non-hydrogen) atoms. The lowest BCUT2D eigenvalue weighted by molar-refractivity contribution is -0.385. The van der Waals surface area contributed by atoms with Crippen LogP contribution >= 0.6 is 0 Å². The fraction of sp³-hybridized carbons (Fsp3) is 0.400. The van der Waals surface area contributed by atoms with Gasteiger partial charge in [-0.15, -0.1) is 0 Å². The molecule has 1 aliphatic rings. The first-order valence-corrected chi connectivity index (χ1v) is 10.9. The Morgan fingerprint density at radius 3 is 2.36 bits per heavy atom. The van der Waals surface area contributed by atoms with E-state index in [0.717, 1.165) is 30.9 Å². The first-order chi connectivity index (χ1) is 13.3. The second-order valence-corrected chi connectivity index (χ2v) is 8.92. The number of anilines is 1. The molecule has 8 heteroatoms. The average molecular weight is 404 g/mol. The number of non-ortho nitro benzene ring substituents is 1. The van der Waals surface area contributed by atoms with Gasteiger partial charge in [-0.3, -0.25) is 10.1 Å². The van der Waals surface area contributed by atoms with Crippen LogP contribution in [0.4, 0.5) is 11.4 Å². The highest BCUT2D eigenvalue weighted by molar-refractivity contribution is 7.89. The number of nitrogens with zero attached hydrogens (tertiary/aromatic N) is 2. The van der Waals surface area contributed by atoms with Gasteiger partial charge in [-0.25, -0.2) is 8.42 Å². The van der Waals surface area contributed by atoms with Crippen LogP contribution in [0.5, 0.6) is 0 Å². The van der Waals surface area contributed by atoms with E-state index in [2.05, 4.69) is 12.2 Å². The molecule has 1 N–H and O–H groups in total. The monoisotopic (exact) mass is 403 g/mol. The van der Waals surface area contributed by atoms with Crippen LogP contribution in [0.2, 0.25) is 0 Å². The molecule has 3 rings (SSSR count). The van der Waals surface area contributed by atoms with Crippen LogP contribution in [-0.4, -0.2) is 30.7 Å². The van der Waals surface area contributed by atoms with E-state index in [0.29, 0.717) is 18.8 Å². The summed E-state index contributed by atoms with van der Waals surface area (Å²) in [6.07, 6.45) is 2.55. The minimum atomic E-state index is -3.80. The normalized spacial score (nSPS) is 16.1. The summed E-state index contributed by atoms with van der Waals surface area (Å²) in [5, 5.41) is 14.4. The van der Waals surface area contributed by atoms with E-state index in [1.165, 1.54) is 22.0 Å². The molecule has 1 saturated heterocycles. The Balaban J connectivity index is 1.96.